The van der Waals surface area contributed by atoms with Crippen molar-refractivity contribution in [2.45, 2.75) is 42.8 Å². The van der Waals surface area contributed by atoms with Crippen LogP contribution in [0.25, 0.3) is 0 Å². The van der Waals surface area contributed by atoms with Gasteiger partial charge in [0, 0.05) is 9.85 Å². The molecule has 2 unspecified atom stereocenters. The third-order valence-electron chi connectivity index (χ3n) is 3.24. The second-order valence-corrected chi connectivity index (χ2v) is 5.87. The van der Waals surface area contributed by atoms with Crippen LogP contribution in [0.1, 0.15) is 43.6 Å². The zero-order valence-corrected chi connectivity index (χ0v) is 11.1. The van der Waals surface area contributed by atoms with Crippen LogP contribution in [-0.4, -0.2) is 4.83 Å². The van der Waals surface area contributed by atoms with Crippen molar-refractivity contribution in [3.05, 3.63) is 34.9 Å². The van der Waals surface area contributed by atoms with Crippen molar-refractivity contribution in [2.24, 2.45) is 0 Å². The molecule has 1 saturated carbocycles. The van der Waals surface area contributed by atoms with E-state index in [2.05, 4.69) is 28.1 Å². The molecule has 0 heterocycles. The summed E-state index contributed by atoms with van der Waals surface area (Å²) in [4.78, 5) is 0.597. The van der Waals surface area contributed by atoms with Crippen LogP contribution in [0.4, 0.5) is 0 Å². The fourth-order valence-corrected chi connectivity index (χ4v) is 3.54. The minimum atomic E-state index is 0.597. The Balaban J connectivity index is 2.24. The molecule has 2 atom stereocenters. The van der Waals surface area contributed by atoms with E-state index in [0.29, 0.717) is 10.7 Å². The van der Waals surface area contributed by atoms with Crippen LogP contribution >= 0.6 is 27.5 Å². The van der Waals surface area contributed by atoms with Gasteiger partial charge in [0.05, 0.1) is 0 Å². The second-order valence-electron chi connectivity index (χ2n) is 4.28. The highest BCUT2D eigenvalue weighted by Crippen LogP contribution is 2.38. The normalized spacial score (nSPS) is 27.3. The van der Waals surface area contributed by atoms with E-state index in [9.17, 15) is 0 Å². The van der Waals surface area contributed by atoms with Crippen molar-refractivity contribution in [2.75, 3.05) is 0 Å². The van der Waals surface area contributed by atoms with Crippen LogP contribution in [-0.2, 0) is 0 Å². The molecule has 0 spiro atoms. The number of hydrogen-bond donors (Lipinski definition) is 0. The Morgan fingerprint density at radius 2 is 1.80 bits per heavy atom. The minimum absolute atomic E-state index is 0.597. The highest BCUT2D eigenvalue weighted by atomic mass is 79.9. The molecule has 0 saturated heterocycles. The van der Waals surface area contributed by atoms with Gasteiger partial charge in [0.2, 0.25) is 0 Å². The van der Waals surface area contributed by atoms with Crippen molar-refractivity contribution in [1.29, 1.82) is 0 Å². The summed E-state index contributed by atoms with van der Waals surface area (Å²) in [5, 5.41) is 0.925. The first-order chi connectivity index (χ1) is 7.29. The van der Waals surface area contributed by atoms with Gasteiger partial charge in [-0.15, -0.1) is 0 Å². The lowest BCUT2D eigenvalue weighted by Gasteiger charge is -2.21. The van der Waals surface area contributed by atoms with E-state index in [4.69, 9.17) is 11.6 Å². The monoisotopic (exact) mass is 286 g/mol. The van der Waals surface area contributed by atoms with Crippen LogP contribution in [0.5, 0.6) is 0 Å². The number of hydrogen-bond acceptors (Lipinski definition) is 0. The van der Waals surface area contributed by atoms with Gasteiger partial charge in [-0.1, -0.05) is 65.0 Å². The molecule has 0 N–H and O–H groups in total. The van der Waals surface area contributed by atoms with Crippen molar-refractivity contribution in [3.63, 3.8) is 0 Å². The standard InChI is InChI=1S/C13H16BrCl/c14-12-8-3-1-2-6-10(12)11-7-4-5-9-13(11)15/h4-5,7,9-10,12H,1-3,6,8H2. The fourth-order valence-electron chi connectivity index (χ4n) is 2.39. The van der Waals surface area contributed by atoms with Gasteiger partial charge in [0.15, 0.2) is 0 Å². The summed E-state index contributed by atoms with van der Waals surface area (Å²) in [5.74, 6) is 0.598. The summed E-state index contributed by atoms with van der Waals surface area (Å²) in [7, 11) is 0. The van der Waals surface area contributed by atoms with Gasteiger partial charge in [-0.25, -0.2) is 0 Å². The Bertz CT molecular complexity index is 324. The first-order valence-corrected chi connectivity index (χ1v) is 6.97. The van der Waals surface area contributed by atoms with E-state index in [1.807, 2.05) is 12.1 Å². The first-order valence-electron chi connectivity index (χ1n) is 5.67. The quantitative estimate of drug-likeness (QED) is 0.495. The summed E-state index contributed by atoms with van der Waals surface area (Å²) in [6.07, 6.45) is 6.58. The minimum Gasteiger partial charge on any atom is -0.0884 e. The highest BCUT2D eigenvalue weighted by molar-refractivity contribution is 9.09. The van der Waals surface area contributed by atoms with Crippen LogP contribution in [0.3, 0.4) is 0 Å². The highest BCUT2D eigenvalue weighted by Gasteiger charge is 2.24. The number of alkyl halides is 1. The van der Waals surface area contributed by atoms with Crippen molar-refractivity contribution >= 4 is 27.5 Å². The van der Waals surface area contributed by atoms with Crippen LogP contribution in [0, 0.1) is 0 Å². The molecule has 0 amide bonds. The molecule has 0 aliphatic heterocycles. The molecule has 1 fully saturated rings. The van der Waals surface area contributed by atoms with Crippen LogP contribution < -0.4 is 0 Å². The lowest BCUT2D eigenvalue weighted by molar-refractivity contribution is 0.613. The van der Waals surface area contributed by atoms with E-state index in [1.165, 1.54) is 37.7 Å². The van der Waals surface area contributed by atoms with Crippen molar-refractivity contribution in [1.82, 2.24) is 0 Å². The van der Waals surface area contributed by atoms with Gasteiger partial charge >= 0.3 is 0 Å². The van der Waals surface area contributed by atoms with E-state index in [0.717, 1.165) is 5.02 Å². The van der Waals surface area contributed by atoms with E-state index in [-0.39, 0.29) is 0 Å². The third kappa shape index (κ3) is 2.76. The molecule has 0 aromatic heterocycles. The average Bonchev–Trinajstić information content (AvgIpc) is 2.44. The molecular weight excluding hydrogens is 271 g/mol. The molecule has 15 heavy (non-hydrogen) atoms. The van der Waals surface area contributed by atoms with Crippen molar-refractivity contribution in [3.8, 4) is 0 Å². The first kappa shape index (κ1) is 11.5. The van der Waals surface area contributed by atoms with Crippen molar-refractivity contribution < 1.29 is 0 Å². The Kier molecular flexibility index (Phi) is 4.10. The summed E-state index contributed by atoms with van der Waals surface area (Å²) < 4.78 is 0. The largest absolute Gasteiger partial charge is 0.0884 e. The van der Waals surface area contributed by atoms with Gasteiger partial charge in [-0.05, 0) is 30.4 Å². The molecule has 0 radical (unpaired) electrons. The van der Waals surface area contributed by atoms with E-state index in [1.54, 1.807) is 0 Å². The topological polar surface area (TPSA) is 0 Å². The molecule has 1 aromatic carbocycles. The zero-order chi connectivity index (χ0) is 10.7. The summed E-state index contributed by atoms with van der Waals surface area (Å²) in [6, 6.07) is 8.27. The Morgan fingerprint density at radius 3 is 2.60 bits per heavy atom. The summed E-state index contributed by atoms with van der Waals surface area (Å²) in [6.45, 7) is 0. The number of halogens is 2. The zero-order valence-electron chi connectivity index (χ0n) is 8.76. The maximum atomic E-state index is 6.26. The van der Waals surface area contributed by atoms with Crippen LogP contribution in [0.15, 0.2) is 24.3 Å². The SMILES string of the molecule is Clc1ccccc1C1CCCCCC1Br. The van der Waals surface area contributed by atoms with Gasteiger partial charge < -0.3 is 0 Å². The molecule has 82 valence electrons. The molecule has 0 bridgehead atoms. The lowest BCUT2D eigenvalue weighted by Crippen LogP contribution is -2.11. The van der Waals surface area contributed by atoms with Gasteiger partial charge in [0.1, 0.15) is 0 Å². The van der Waals surface area contributed by atoms with Gasteiger partial charge in [-0.2, -0.15) is 0 Å². The molecule has 1 aromatic rings. The fraction of sp³-hybridized carbons (Fsp3) is 0.538. The molecule has 2 heteroatoms. The predicted molar refractivity (Wildman–Crippen MR) is 70.0 cm³/mol. The maximum Gasteiger partial charge on any atom is 0.0441 e. The Labute approximate surface area is 105 Å². The predicted octanol–water partition coefficient (Wildman–Crippen LogP) is 5.15. The smallest absolute Gasteiger partial charge is 0.0441 e. The average molecular weight is 288 g/mol. The Morgan fingerprint density at radius 1 is 1.07 bits per heavy atom. The summed E-state index contributed by atoms with van der Waals surface area (Å²) >= 11 is 10.1. The third-order valence-corrected chi connectivity index (χ3v) is 4.68. The van der Waals surface area contributed by atoms with Gasteiger partial charge in [0.25, 0.3) is 0 Å². The summed E-state index contributed by atoms with van der Waals surface area (Å²) in [5.41, 5.74) is 1.32. The number of rotatable bonds is 1. The Hall–Kier alpha value is -0.0100. The second kappa shape index (κ2) is 5.36. The molecule has 1 aliphatic carbocycles. The van der Waals surface area contributed by atoms with E-state index >= 15 is 0 Å². The molecular formula is C13H16BrCl. The molecule has 2 rings (SSSR count). The lowest BCUT2D eigenvalue weighted by atomic mass is 9.92. The number of benzene rings is 1. The maximum absolute atomic E-state index is 6.26. The van der Waals surface area contributed by atoms with Crippen LogP contribution in [0.2, 0.25) is 5.02 Å². The molecule has 1 aliphatic rings. The van der Waals surface area contributed by atoms with E-state index < -0.39 is 0 Å². The molecule has 0 nitrogen and oxygen atoms in total. The van der Waals surface area contributed by atoms with Gasteiger partial charge in [-0.3, -0.25) is 0 Å².